The Morgan fingerprint density at radius 2 is 1.84 bits per heavy atom. The van der Waals surface area contributed by atoms with Crippen molar-refractivity contribution in [2.24, 2.45) is 0 Å². The van der Waals surface area contributed by atoms with Gasteiger partial charge < -0.3 is 0 Å². The first-order valence-corrected chi connectivity index (χ1v) is 8.81. The van der Waals surface area contributed by atoms with Gasteiger partial charge in [0.2, 0.25) is 10.0 Å². The number of hydrogen-bond donors (Lipinski definition) is 1. The Kier molecular flexibility index (Phi) is 5.40. The molecule has 0 fully saturated rings. The number of halogens is 3. The van der Waals surface area contributed by atoms with Crippen LogP contribution in [0, 0.1) is 28.7 Å². The molecule has 1 N–H and O–H groups in total. The van der Waals surface area contributed by atoms with Crippen LogP contribution in [0.15, 0.2) is 35.2 Å². The van der Waals surface area contributed by atoms with E-state index in [4.69, 9.17) is 11.6 Å². The molecule has 0 saturated carbocycles. The molecule has 2 aromatic carbocycles. The van der Waals surface area contributed by atoms with E-state index in [1.54, 1.807) is 0 Å². The summed E-state index contributed by atoms with van der Waals surface area (Å²) in [6, 6.07) is 4.05. The van der Waals surface area contributed by atoms with Crippen molar-refractivity contribution in [3.63, 3.8) is 0 Å². The van der Waals surface area contributed by atoms with E-state index >= 15 is 0 Å². The highest BCUT2D eigenvalue weighted by molar-refractivity contribution is 7.89. The van der Waals surface area contributed by atoms with Gasteiger partial charge in [0.05, 0.1) is 14.8 Å². The number of nitrogens with zero attached hydrogens (tertiary/aromatic N) is 1. The monoisotopic (exact) mass is 390 g/mol. The highest BCUT2D eigenvalue weighted by atomic mass is 35.5. The smallest absolute Gasteiger partial charge is 0.258 e. The second kappa shape index (κ2) is 7.03. The molecule has 0 radical (unpaired) electrons. The van der Waals surface area contributed by atoms with Crippen molar-refractivity contribution in [3.05, 3.63) is 68.2 Å². The van der Waals surface area contributed by atoms with E-state index in [2.05, 4.69) is 4.72 Å². The van der Waals surface area contributed by atoms with Gasteiger partial charge in [-0.2, -0.15) is 0 Å². The van der Waals surface area contributed by atoms with E-state index in [-0.39, 0.29) is 16.1 Å². The number of hydrogen-bond acceptors (Lipinski definition) is 4. The fourth-order valence-corrected chi connectivity index (χ4v) is 3.69. The molecular formula is C15H13ClF2N2O4S. The molecule has 1 atom stereocenters. The van der Waals surface area contributed by atoms with Gasteiger partial charge >= 0.3 is 0 Å². The molecule has 0 aliphatic carbocycles. The lowest BCUT2D eigenvalue weighted by Crippen LogP contribution is -2.27. The van der Waals surface area contributed by atoms with Crippen molar-refractivity contribution in [3.8, 4) is 0 Å². The van der Waals surface area contributed by atoms with Crippen LogP contribution in [0.25, 0.3) is 0 Å². The number of nitrogens with one attached hydrogen (secondary N) is 1. The van der Waals surface area contributed by atoms with Crippen LogP contribution in [-0.4, -0.2) is 13.3 Å². The average Bonchev–Trinajstić information content (AvgIpc) is 2.51. The zero-order valence-corrected chi connectivity index (χ0v) is 14.7. The van der Waals surface area contributed by atoms with Gasteiger partial charge in [0, 0.05) is 17.7 Å². The van der Waals surface area contributed by atoms with Crippen molar-refractivity contribution in [1.29, 1.82) is 0 Å². The third-order valence-corrected chi connectivity index (χ3v) is 5.49. The second-order valence-electron chi connectivity index (χ2n) is 5.32. The fourth-order valence-electron chi connectivity index (χ4n) is 2.14. The molecule has 2 aromatic rings. The van der Waals surface area contributed by atoms with Gasteiger partial charge in [-0.05, 0) is 37.6 Å². The first-order chi connectivity index (χ1) is 11.5. The molecule has 0 spiro atoms. The Bertz CT molecular complexity index is 951. The molecule has 6 nitrogen and oxygen atoms in total. The molecular weight excluding hydrogens is 378 g/mol. The third kappa shape index (κ3) is 4.12. The summed E-state index contributed by atoms with van der Waals surface area (Å²) in [4.78, 5) is 9.88. The van der Waals surface area contributed by atoms with E-state index in [0.717, 1.165) is 24.3 Å². The minimum absolute atomic E-state index is 0.0740. The van der Waals surface area contributed by atoms with E-state index < -0.39 is 43.2 Å². The summed E-state index contributed by atoms with van der Waals surface area (Å²) in [7, 11) is -4.18. The summed E-state index contributed by atoms with van der Waals surface area (Å²) in [6.45, 7) is 2.82. The van der Waals surface area contributed by atoms with Gasteiger partial charge in [-0.3, -0.25) is 10.1 Å². The molecule has 0 bridgehead atoms. The van der Waals surface area contributed by atoms with Crippen molar-refractivity contribution >= 4 is 27.3 Å². The highest BCUT2D eigenvalue weighted by Gasteiger charge is 2.24. The van der Waals surface area contributed by atoms with Crippen molar-refractivity contribution in [2.45, 2.75) is 24.8 Å². The minimum Gasteiger partial charge on any atom is -0.258 e. The lowest BCUT2D eigenvalue weighted by molar-refractivity contribution is -0.385. The van der Waals surface area contributed by atoms with Gasteiger partial charge in [-0.15, -0.1) is 0 Å². The number of rotatable bonds is 5. The van der Waals surface area contributed by atoms with Crippen LogP contribution in [0.4, 0.5) is 14.5 Å². The summed E-state index contributed by atoms with van der Waals surface area (Å²) in [6.07, 6.45) is 0. The lowest BCUT2D eigenvalue weighted by atomic mass is 10.1. The van der Waals surface area contributed by atoms with Gasteiger partial charge in [-0.25, -0.2) is 21.9 Å². The quantitative estimate of drug-likeness (QED) is 0.619. The van der Waals surface area contributed by atoms with E-state index in [1.165, 1.54) is 19.9 Å². The first kappa shape index (κ1) is 19.2. The van der Waals surface area contributed by atoms with Gasteiger partial charge in [0.15, 0.2) is 11.6 Å². The van der Waals surface area contributed by atoms with Crippen molar-refractivity contribution in [1.82, 2.24) is 4.72 Å². The number of benzene rings is 2. The predicted molar refractivity (Wildman–Crippen MR) is 87.9 cm³/mol. The zero-order valence-electron chi connectivity index (χ0n) is 13.1. The lowest BCUT2D eigenvalue weighted by Gasteiger charge is -2.15. The highest BCUT2D eigenvalue weighted by Crippen LogP contribution is 2.30. The Morgan fingerprint density at radius 1 is 1.20 bits per heavy atom. The Balaban J connectivity index is 2.38. The Morgan fingerprint density at radius 3 is 2.40 bits per heavy atom. The maximum absolute atomic E-state index is 13.3. The van der Waals surface area contributed by atoms with Crippen LogP contribution in [0.2, 0.25) is 5.02 Å². The van der Waals surface area contributed by atoms with Gasteiger partial charge in [0.25, 0.3) is 5.69 Å². The number of nitro benzene ring substituents is 1. The molecule has 10 heteroatoms. The van der Waals surface area contributed by atoms with E-state index in [1.807, 2.05) is 0 Å². The van der Waals surface area contributed by atoms with Gasteiger partial charge in [-0.1, -0.05) is 17.7 Å². The van der Waals surface area contributed by atoms with Crippen LogP contribution in [-0.2, 0) is 10.0 Å². The van der Waals surface area contributed by atoms with E-state index in [0.29, 0.717) is 0 Å². The Hall–Kier alpha value is -2.10. The SMILES string of the molecule is Cc1c(Cl)cc(S(=O)(=O)N[C@@H](C)c2ccc(F)c(F)c2)cc1[N+](=O)[O-]. The summed E-state index contributed by atoms with van der Waals surface area (Å²) in [5.41, 5.74) is -0.109. The average molecular weight is 391 g/mol. The fraction of sp³-hybridized carbons (Fsp3) is 0.200. The van der Waals surface area contributed by atoms with Crippen molar-refractivity contribution in [2.75, 3.05) is 0 Å². The molecule has 0 aliphatic heterocycles. The molecule has 0 heterocycles. The predicted octanol–water partition coefficient (Wildman–Crippen LogP) is 3.87. The van der Waals surface area contributed by atoms with Crippen LogP contribution >= 0.6 is 11.6 Å². The topological polar surface area (TPSA) is 89.3 Å². The summed E-state index contributed by atoms with van der Waals surface area (Å²) in [5, 5.41) is 10.9. The summed E-state index contributed by atoms with van der Waals surface area (Å²) >= 11 is 5.87. The second-order valence-corrected chi connectivity index (χ2v) is 7.44. The van der Waals surface area contributed by atoms with Crippen LogP contribution in [0.1, 0.15) is 24.1 Å². The molecule has 0 aliphatic rings. The van der Waals surface area contributed by atoms with Gasteiger partial charge in [0.1, 0.15) is 0 Å². The molecule has 2 rings (SSSR count). The van der Waals surface area contributed by atoms with Crippen LogP contribution < -0.4 is 4.72 Å². The maximum Gasteiger partial charge on any atom is 0.275 e. The molecule has 134 valence electrons. The third-order valence-electron chi connectivity index (χ3n) is 3.57. The summed E-state index contributed by atoms with van der Waals surface area (Å²) < 4.78 is 53.4. The van der Waals surface area contributed by atoms with E-state index in [9.17, 15) is 27.3 Å². The maximum atomic E-state index is 13.3. The van der Waals surface area contributed by atoms with Crippen molar-refractivity contribution < 1.29 is 22.1 Å². The standard InChI is InChI=1S/C15H13ClF2N2O4S/c1-8-12(16)6-11(7-15(8)20(21)22)25(23,24)19-9(2)10-3-4-13(17)14(18)5-10/h3-7,9,19H,1-2H3/t9-/m0/s1. The zero-order chi connectivity index (χ0) is 18.9. The first-order valence-electron chi connectivity index (χ1n) is 6.94. The molecule has 0 unspecified atom stereocenters. The Labute approximate surface area is 147 Å². The minimum atomic E-state index is -4.18. The molecule has 0 aromatic heterocycles. The molecule has 0 amide bonds. The largest absolute Gasteiger partial charge is 0.275 e. The number of nitro groups is 1. The van der Waals surface area contributed by atoms with Crippen LogP contribution in [0.5, 0.6) is 0 Å². The number of sulfonamides is 1. The molecule has 0 saturated heterocycles. The van der Waals surface area contributed by atoms with Crippen LogP contribution in [0.3, 0.4) is 0 Å². The molecule has 25 heavy (non-hydrogen) atoms. The normalized spacial score (nSPS) is 12.8. The summed E-state index contributed by atoms with van der Waals surface area (Å²) in [5.74, 6) is -2.17.